The van der Waals surface area contributed by atoms with Gasteiger partial charge in [0.25, 0.3) is 17.5 Å². The Labute approximate surface area is 185 Å². The topological polar surface area (TPSA) is 132 Å². The third kappa shape index (κ3) is 6.47. The lowest BCUT2D eigenvalue weighted by Crippen LogP contribution is -2.48. The predicted octanol–water partition coefficient (Wildman–Crippen LogP) is 2.33. The van der Waals surface area contributed by atoms with E-state index in [1.165, 1.54) is 31.4 Å². The maximum absolute atomic E-state index is 12.5. The smallest absolute Gasteiger partial charge is 0.282 e. The zero-order valence-electron chi connectivity index (χ0n) is 15.6. The van der Waals surface area contributed by atoms with E-state index in [4.69, 9.17) is 21.7 Å². The molecule has 3 N–H and O–H groups in total. The number of thiocarbonyl (C=S) groups is 1. The van der Waals surface area contributed by atoms with E-state index in [0.717, 1.165) is 0 Å². The number of methoxy groups -OCH3 is 1. The van der Waals surface area contributed by atoms with Crippen LogP contribution in [-0.4, -0.2) is 42.2 Å². The minimum Gasteiger partial charge on any atom is -0.490 e. The van der Waals surface area contributed by atoms with Gasteiger partial charge in [-0.3, -0.25) is 35.9 Å². The van der Waals surface area contributed by atoms with Gasteiger partial charge in [0.1, 0.15) is 17.9 Å². The molecule has 0 atom stereocenters. The number of nitrogens with one attached hydrogen (secondary N) is 3. The van der Waals surface area contributed by atoms with E-state index >= 15 is 0 Å². The fourth-order valence-corrected chi connectivity index (χ4v) is 2.75. The Hall–Kier alpha value is -3.09. The summed E-state index contributed by atoms with van der Waals surface area (Å²) in [6.07, 6.45) is 0. The monoisotopic (exact) mass is 496 g/mol. The molecular weight excluding hydrogens is 480 g/mol. The highest BCUT2D eigenvalue weighted by Crippen LogP contribution is 2.23. The van der Waals surface area contributed by atoms with E-state index in [0.29, 0.717) is 16.8 Å². The zero-order chi connectivity index (χ0) is 22.1. The molecule has 0 unspecified atom stereocenters. The molecule has 10 nitrogen and oxygen atoms in total. The number of nitro benzene ring substituents is 1. The molecule has 0 radical (unpaired) electrons. The van der Waals surface area contributed by atoms with E-state index < -0.39 is 16.7 Å². The molecule has 2 aromatic rings. The molecule has 0 aliphatic heterocycles. The van der Waals surface area contributed by atoms with Crippen LogP contribution >= 0.6 is 28.1 Å². The number of hydrogen-bond donors (Lipinski definition) is 3. The number of hydrogen-bond acceptors (Lipinski definition) is 7. The van der Waals surface area contributed by atoms with Crippen molar-refractivity contribution in [3.05, 3.63) is 68.2 Å². The Balaban J connectivity index is 2.00. The molecule has 0 aliphatic rings. The average Bonchev–Trinajstić information content (AvgIpc) is 2.73. The van der Waals surface area contributed by atoms with Gasteiger partial charge in [-0.05, 0) is 36.5 Å². The second-order valence-corrected chi connectivity index (χ2v) is 6.94. The number of rotatable bonds is 7. The van der Waals surface area contributed by atoms with Crippen molar-refractivity contribution in [2.75, 3.05) is 20.3 Å². The number of ether oxygens (including phenoxy) is 2. The molecule has 30 heavy (non-hydrogen) atoms. The molecule has 0 saturated carbocycles. The summed E-state index contributed by atoms with van der Waals surface area (Å²) in [4.78, 5) is 35.1. The number of nitrogens with zero attached hydrogens (tertiary/aromatic N) is 1. The third-order valence-electron chi connectivity index (χ3n) is 3.59. The van der Waals surface area contributed by atoms with Gasteiger partial charge in [0.15, 0.2) is 5.11 Å². The Kier molecular flexibility index (Phi) is 8.65. The lowest BCUT2D eigenvalue weighted by atomic mass is 10.2. The van der Waals surface area contributed by atoms with Crippen molar-refractivity contribution in [3.8, 4) is 5.75 Å². The van der Waals surface area contributed by atoms with Crippen LogP contribution in [0, 0.1) is 10.1 Å². The second-order valence-electron chi connectivity index (χ2n) is 5.62. The van der Waals surface area contributed by atoms with Gasteiger partial charge >= 0.3 is 0 Å². The molecule has 0 aromatic heterocycles. The van der Waals surface area contributed by atoms with E-state index in [1.807, 2.05) is 0 Å². The fraction of sp³-hybridized carbons (Fsp3) is 0.167. The van der Waals surface area contributed by atoms with Gasteiger partial charge in [-0.25, -0.2) is 0 Å². The minimum atomic E-state index is -0.787. The standard InChI is InChI=1S/C18H17BrN4O6S/c1-28-8-9-29-15-7-6-11(19)10-13(15)16(24)20-18(30)22-21-17(25)12-4-2-3-5-14(12)23(26)27/h2-7,10H,8-9H2,1H3,(H,21,25)(H2,20,22,24,30). The summed E-state index contributed by atoms with van der Waals surface area (Å²) >= 11 is 8.29. The highest BCUT2D eigenvalue weighted by atomic mass is 79.9. The molecule has 2 aromatic carbocycles. The van der Waals surface area contributed by atoms with E-state index in [1.54, 1.807) is 18.2 Å². The minimum absolute atomic E-state index is 0.162. The van der Waals surface area contributed by atoms with Crippen LogP contribution in [0.25, 0.3) is 0 Å². The molecule has 0 heterocycles. The van der Waals surface area contributed by atoms with E-state index in [9.17, 15) is 19.7 Å². The van der Waals surface area contributed by atoms with Crippen molar-refractivity contribution in [3.63, 3.8) is 0 Å². The van der Waals surface area contributed by atoms with Crippen LogP contribution in [0.2, 0.25) is 0 Å². The number of carbonyl (C=O) groups is 2. The molecule has 0 aliphatic carbocycles. The number of carbonyl (C=O) groups excluding carboxylic acids is 2. The summed E-state index contributed by atoms with van der Waals surface area (Å²) < 4.78 is 11.1. The second kappa shape index (κ2) is 11.2. The number of nitro groups is 1. The van der Waals surface area contributed by atoms with Crippen LogP contribution < -0.4 is 20.9 Å². The maximum atomic E-state index is 12.5. The molecular formula is C18H17BrN4O6S. The Morgan fingerprint density at radius 3 is 2.53 bits per heavy atom. The average molecular weight is 497 g/mol. The van der Waals surface area contributed by atoms with Crippen LogP contribution in [0.15, 0.2) is 46.9 Å². The zero-order valence-corrected chi connectivity index (χ0v) is 18.0. The van der Waals surface area contributed by atoms with Crippen LogP contribution in [-0.2, 0) is 4.74 Å². The molecule has 12 heteroatoms. The molecule has 0 spiro atoms. The first-order chi connectivity index (χ1) is 14.3. The van der Waals surface area contributed by atoms with Crippen LogP contribution in [0.5, 0.6) is 5.75 Å². The Morgan fingerprint density at radius 2 is 1.83 bits per heavy atom. The number of hydrazine groups is 1. The van der Waals surface area contributed by atoms with Crippen molar-refractivity contribution in [2.45, 2.75) is 0 Å². The lowest BCUT2D eigenvalue weighted by molar-refractivity contribution is -0.385. The normalized spacial score (nSPS) is 10.1. The van der Waals surface area contributed by atoms with Crippen molar-refractivity contribution < 1.29 is 24.0 Å². The van der Waals surface area contributed by atoms with Gasteiger partial charge in [-0.2, -0.15) is 0 Å². The van der Waals surface area contributed by atoms with Gasteiger partial charge in [-0.1, -0.05) is 28.1 Å². The van der Waals surface area contributed by atoms with Gasteiger partial charge in [-0.15, -0.1) is 0 Å². The largest absolute Gasteiger partial charge is 0.490 e. The quantitative estimate of drug-likeness (QED) is 0.230. The number of halogens is 1. The van der Waals surface area contributed by atoms with Crippen LogP contribution in [0.1, 0.15) is 20.7 Å². The number of amides is 2. The molecule has 0 saturated heterocycles. The Morgan fingerprint density at radius 1 is 1.10 bits per heavy atom. The van der Waals surface area contributed by atoms with Crippen molar-refractivity contribution >= 4 is 50.8 Å². The molecule has 0 fully saturated rings. The van der Waals surface area contributed by atoms with Crippen molar-refractivity contribution in [1.29, 1.82) is 0 Å². The lowest BCUT2D eigenvalue weighted by Gasteiger charge is -2.14. The summed E-state index contributed by atoms with van der Waals surface area (Å²) in [5, 5.41) is 13.2. The first kappa shape index (κ1) is 23.2. The summed E-state index contributed by atoms with van der Waals surface area (Å²) in [5.41, 5.74) is 4.23. The summed E-state index contributed by atoms with van der Waals surface area (Å²) in [6, 6.07) is 10.3. The highest BCUT2D eigenvalue weighted by molar-refractivity contribution is 9.10. The van der Waals surface area contributed by atoms with Crippen LogP contribution in [0.3, 0.4) is 0 Å². The molecule has 2 amide bonds. The number of para-hydroxylation sites is 1. The van der Waals surface area contributed by atoms with Gasteiger partial charge in [0, 0.05) is 17.6 Å². The van der Waals surface area contributed by atoms with Crippen molar-refractivity contribution in [2.24, 2.45) is 0 Å². The van der Waals surface area contributed by atoms with Gasteiger partial charge in [0.05, 0.1) is 17.1 Å². The van der Waals surface area contributed by atoms with E-state index in [-0.39, 0.29) is 28.5 Å². The summed E-state index contributed by atoms with van der Waals surface area (Å²) in [6.45, 7) is 0.585. The molecule has 158 valence electrons. The third-order valence-corrected chi connectivity index (χ3v) is 4.29. The van der Waals surface area contributed by atoms with Crippen molar-refractivity contribution in [1.82, 2.24) is 16.2 Å². The van der Waals surface area contributed by atoms with Gasteiger partial charge < -0.3 is 9.47 Å². The van der Waals surface area contributed by atoms with E-state index in [2.05, 4.69) is 32.1 Å². The Bertz CT molecular complexity index is 971. The first-order valence-electron chi connectivity index (χ1n) is 8.40. The molecule has 0 bridgehead atoms. The van der Waals surface area contributed by atoms with Gasteiger partial charge in [0.2, 0.25) is 0 Å². The first-order valence-corrected chi connectivity index (χ1v) is 9.60. The SMILES string of the molecule is COCCOc1ccc(Br)cc1C(=O)NC(=S)NNC(=O)c1ccccc1[N+](=O)[O-]. The highest BCUT2D eigenvalue weighted by Gasteiger charge is 2.20. The fourth-order valence-electron chi connectivity index (χ4n) is 2.25. The maximum Gasteiger partial charge on any atom is 0.282 e. The summed E-state index contributed by atoms with van der Waals surface area (Å²) in [5.74, 6) is -1.05. The summed E-state index contributed by atoms with van der Waals surface area (Å²) in [7, 11) is 1.53. The van der Waals surface area contributed by atoms with Crippen LogP contribution in [0.4, 0.5) is 5.69 Å². The molecule has 2 rings (SSSR count). The number of benzene rings is 2. The predicted molar refractivity (Wildman–Crippen MR) is 115 cm³/mol.